The van der Waals surface area contributed by atoms with E-state index in [9.17, 15) is 0 Å². The Morgan fingerprint density at radius 2 is 1.75 bits per heavy atom. The van der Waals surface area contributed by atoms with Gasteiger partial charge in [0.1, 0.15) is 0 Å². The van der Waals surface area contributed by atoms with Gasteiger partial charge in [0.2, 0.25) is 0 Å². The van der Waals surface area contributed by atoms with Gasteiger partial charge in [-0.3, -0.25) is 0 Å². The molecule has 1 rings (SSSR count). The summed E-state index contributed by atoms with van der Waals surface area (Å²) in [4.78, 5) is 0. The number of hydrogen-bond acceptors (Lipinski definition) is 1. The van der Waals surface area contributed by atoms with Gasteiger partial charge >= 0.3 is 0 Å². The minimum absolute atomic E-state index is 0. The van der Waals surface area contributed by atoms with Crippen LogP contribution in [0.2, 0.25) is 0 Å². The van der Waals surface area contributed by atoms with Crippen molar-refractivity contribution in [2.45, 2.75) is 46.6 Å². The van der Waals surface area contributed by atoms with E-state index < -0.39 is 0 Å². The van der Waals surface area contributed by atoms with E-state index >= 15 is 0 Å². The van der Waals surface area contributed by atoms with Crippen molar-refractivity contribution >= 4 is 12.4 Å². The molecule has 0 saturated carbocycles. The maximum Gasteiger partial charge on any atom is 0.0297 e. The predicted octanol–water partition coefficient (Wildman–Crippen LogP) is 4.16. The fourth-order valence-corrected chi connectivity index (χ4v) is 1.84. The summed E-state index contributed by atoms with van der Waals surface area (Å²) in [7, 11) is 0. The van der Waals surface area contributed by atoms with Crippen molar-refractivity contribution < 1.29 is 0 Å². The van der Waals surface area contributed by atoms with Crippen molar-refractivity contribution in [1.82, 2.24) is 0 Å². The first-order chi connectivity index (χ1) is 7.02. The van der Waals surface area contributed by atoms with Crippen LogP contribution in [-0.2, 0) is 0 Å². The van der Waals surface area contributed by atoms with Crippen LogP contribution < -0.4 is 5.73 Å². The van der Waals surface area contributed by atoms with E-state index in [2.05, 4.69) is 45.9 Å². The van der Waals surface area contributed by atoms with Gasteiger partial charge in [-0.1, -0.05) is 32.0 Å². The van der Waals surface area contributed by atoms with Crippen LogP contribution in [0.3, 0.4) is 0 Å². The van der Waals surface area contributed by atoms with Crippen LogP contribution in [0.4, 0.5) is 0 Å². The molecule has 0 aliphatic heterocycles. The summed E-state index contributed by atoms with van der Waals surface area (Å²) in [5, 5.41) is 0. The molecule has 0 aromatic heterocycles. The molecule has 0 spiro atoms. The zero-order valence-corrected chi connectivity index (χ0v) is 11.6. The van der Waals surface area contributed by atoms with E-state index in [1.165, 1.54) is 23.1 Å². The zero-order valence-electron chi connectivity index (χ0n) is 10.8. The molecule has 0 amide bonds. The lowest BCUT2D eigenvalue weighted by Gasteiger charge is -2.17. The van der Waals surface area contributed by atoms with E-state index in [0.29, 0.717) is 0 Å². The Labute approximate surface area is 106 Å². The Hall–Kier alpha value is -0.530. The van der Waals surface area contributed by atoms with Gasteiger partial charge < -0.3 is 5.73 Å². The third kappa shape index (κ3) is 4.15. The molecule has 0 heterocycles. The number of nitrogens with two attached hydrogens (primary N) is 1. The van der Waals surface area contributed by atoms with Gasteiger partial charge in [0.05, 0.1) is 0 Å². The lowest BCUT2D eigenvalue weighted by molar-refractivity contribution is 0.506. The fraction of sp³-hybridized carbons (Fsp3) is 0.571. The summed E-state index contributed by atoms with van der Waals surface area (Å²) in [6.45, 7) is 8.81. The van der Waals surface area contributed by atoms with Crippen molar-refractivity contribution in [3.05, 3.63) is 34.9 Å². The van der Waals surface area contributed by atoms with Gasteiger partial charge in [0.15, 0.2) is 0 Å². The molecule has 2 N–H and O–H groups in total. The molecule has 0 unspecified atom stereocenters. The van der Waals surface area contributed by atoms with Crippen molar-refractivity contribution in [3.63, 3.8) is 0 Å². The topological polar surface area (TPSA) is 26.0 Å². The molecule has 1 nitrogen and oxygen atoms in total. The second-order valence-corrected chi connectivity index (χ2v) is 4.87. The van der Waals surface area contributed by atoms with E-state index in [-0.39, 0.29) is 18.4 Å². The summed E-state index contributed by atoms with van der Waals surface area (Å²) < 4.78 is 0. The fourth-order valence-electron chi connectivity index (χ4n) is 1.84. The summed E-state index contributed by atoms with van der Waals surface area (Å²) >= 11 is 0. The van der Waals surface area contributed by atoms with E-state index in [4.69, 9.17) is 5.73 Å². The molecule has 0 radical (unpaired) electrons. The molecule has 0 aliphatic rings. The standard InChI is InChI=1S/C14H23N.ClH/c1-10(2)8-9-14(15)13-7-5-6-11(3)12(13)4;/h5-7,10,14H,8-9,15H2,1-4H3;1H/t14-;/m1./s1. The molecular formula is C14H24ClN. The van der Waals surface area contributed by atoms with Crippen molar-refractivity contribution in [2.75, 3.05) is 0 Å². The maximum absolute atomic E-state index is 6.21. The first-order valence-electron chi connectivity index (χ1n) is 5.84. The van der Waals surface area contributed by atoms with Crippen molar-refractivity contribution in [1.29, 1.82) is 0 Å². The van der Waals surface area contributed by atoms with Crippen LogP contribution in [0.1, 0.15) is 49.4 Å². The van der Waals surface area contributed by atoms with Gasteiger partial charge in [-0.15, -0.1) is 12.4 Å². The highest BCUT2D eigenvalue weighted by molar-refractivity contribution is 5.85. The second-order valence-electron chi connectivity index (χ2n) is 4.87. The molecular weight excluding hydrogens is 218 g/mol. The molecule has 92 valence electrons. The van der Waals surface area contributed by atoms with Crippen LogP contribution in [0.15, 0.2) is 18.2 Å². The maximum atomic E-state index is 6.21. The first kappa shape index (κ1) is 15.5. The molecule has 16 heavy (non-hydrogen) atoms. The highest BCUT2D eigenvalue weighted by Crippen LogP contribution is 2.23. The number of halogens is 1. The van der Waals surface area contributed by atoms with E-state index in [0.717, 1.165) is 12.3 Å². The summed E-state index contributed by atoms with van der Waals surface area (Å²) in [5.41, 5.74) is 10.2. The molecule has 0 bridgehead atoms. The molecule has 2 heteroatoms. The Bertz CT molecular complexity index is 321. The zero-order chi connectivity index (χ0) is 11.4. The SMILES string of the molecule is Cc1cccc([C@H](N)CCC(C)C)c1C.Cl. The monoisotopic (exact) mass is 241 g/mol. The Morgan fingerprint density at radius 3 is 2.31 bits per heavy atom. The molecule has 0 fully saturated rings. The van der Waals surface area contributed by atoms with Crippen LogP contribution >= 0.6 is 12.4 Å². The van der Waals surface area contributed by atoms with E-state index in [1.807, 2.05) is 0 Å². The Kier molecular flexibility index (Phi) is 6.70. The quantitative estimate of drug-likeness (QED) is 0.842. The second kappa shape index (κ2) is 6.93. The van der Waals surface area contributed by atoms with Crippen LogP contribution in [-0.4, -0.2) is 0 Å². The lowest BCUT2D eigenvalue weighted by atomic mass is 9.93. The van der Waals surface area contributed by atoms with Crippen LogP contribution in [0.25, 0.3) is 0 Å². The smallest absolute Gasteiger partial charge is 0.0297 e. The average Bonchev–Trinajstić information content (AvgIpc) is 2.18. The molecule has 1 aromatic carbocycles. The number of aryl methyl sites for hydroxylation is 1. The summed E-state index contributed by atoms with van der Waals surface area (Å²) in [6.07, 6.45) is 2.29. The predicted molar refractivity (Wildman–Crippen MR) is 74.2 cm³/mol. The van der Waals surface area contributed by atoms with Gasteiger partial charge in [-0.05, 0) is 49.3 Å². The summed E-state index contributed by atoms with van der Waals surface area (Å²) in [5.74, 6) is 0.737. The minimum Gasteiger partial charge on any atom is -0.324 e. The highest BCUT2D eigenvalue weighted by atomic mass is 35.5. The van der Waals surface area contributed by atoms with Crippen molar-refractivity contribution in [3.8, 4) is 0 Å². The minimum atomic E-state index is 0. The van der Waals surface area contributed by atoms with Gasteiger partial charge in [0.25, 0.3) is 0 Å². The van der Waals surface area contributed by atoms with E-state index in [1.54, 1.807) is 0 Å². The van der Waals surface area contributed by atoms with Gasteiger partial charge in [-0.2, -0.15) is 0 Å². The van der Waals surface area contributed by atoms with Crippen molar-refractivity contribution in [2.24, 2.45) is 11.7 Å². The summed E-state index contributed by atoms with van der Waals surface area (Å²) in [6, 6.07) is 6.61. The normalized spacial score (nSPS) is 12.4. The lowest BCUT2D eigenvalue weighted by Crippen LogP contribution is -2.13. The first-order valence-corrected chi connectivity index (χ1v) is 5.84. The largest absolute Gasteiger partial charge is 0.324 e. The third-order valence-corrected chi connectivity index (χ3v) is 3.10. The highest BCUT2D eigenvalue weighted by Gasteiger charge is 2.10. The molecule has 1 aromatic rings. The molecule has 0 saturated heterocycles. The third-order valence-electron chi connectivity index (χ3n) is 3.10. The Morgan fingerprint density at radius 1 is 1.12 bits per heavy atom. The number of benzene rings is 1. The molecule has 0 aliphatic carbocycles. The van der Waals surface area contributed by atoms with Gasteiger partial charge in [0, 0.05) is 6.04 Å². The average molecular weight is 242 g/mol. The Balaban J connectivity index is 0.00000225. The molecule has 1 atom stereocenters. The number of hydrogen-bond donors (Lipinski definition) is 1. The van der Waals surface area contributed by atoms with Crippen LogP contribution in [0.5, 0.6) is 0 Å². The number of rotatable bonds is 4. The van der Waals surface area contributed by atoms with Crippen LogP contribution in [0, 0.1) is 19.8 Å². The van der Waals surface area contributed by atoms with Gasteiger partial charge in [-0.25, -0.2) is 0 Å².